The minimum absolute atomic E-state index is 0.0799. The molecular formula is C18H21N5O4S2. The van der Waals surface area contributed by atoms with Crippen LogP contribution in [0.5, 0.6) is 0 Å². The van der Waals surface area contributed by atoms with Gasteiger partial charge >= 0.3 is 6.03 Å². The zero-order chi connectivity index (χ0) is 21.3. The van der Waals surface area contributed by atoms with Gasteiger partial charge in [0.05, 0.1) is 4.92 Å². The molecule has 2 aromatic rings. The molecule has 29 heavy (non-hydrogen) atoms. The normalized spacial score (nSPS) is 17.4. The second-order valence-electron chi connectivity index (χ2n) is 7.67. The van der Waals surface area contributed by atoms with Crippen molar-refractivity contribution in [1.29, 1.82) is 0 Å². The van der Waals surface area contributed by atoms with Gasteiger partial charge in [-0.05, 0) is 18.3 Å². The summed E-state index contributed by atoms with van der Waals surface area (Å²) in [4.78, 5) is 26.4. The van der Waals surface area contributed by atoms with Gasteiger partial charge in [-0.15, -0.1) is 10.2 Å². The van der Waals surface area contributed by atoms with Crippen molar-refractivity contribution >= 4 is 45.5 Å². The van der Waals surface area contributed by atoms with Gasteiger partial charge in [0, 0.05) is 43.1 Å². The van der Waals surface area contributed by atoms with E-state index in [1.54, 1.807) is 24.1 Å². The van der Waals surface area contributed by atoms with Gasteiger partial charge in [-0.1, -0.05) is 38.2 Å². The molecule has 0 saturated carbocycles. The van der Waals surface area contributed by atoms with Crippen LogP contribution in [0.3, 0.4) is 0 Å². The summed E-state index contributed by atoms with van der Waals surface area (Å²) in [7, 11) is 1.70. The number of non-ortho nitro benzene ring substituents is 1. The van der Waals surface area contributed by atoms with E-state index in [1.807, 2.05) is 20.8 Å². The summed E-state index contributed by atoms with van der Waals surface area (Å²) in [6.45, 7) is 6.55. The van der Waals surface area contributed by atoms with Gasteiger partial charge in [0.25, 0.3) is 5.69 Å². The van der Waals surface area contributed by atoms with Crippen molar-refractivity contribution in [1.82, 2.24) is 15.1 Å². The van der Waals surface area contributed by atoms with Crippen molar-refractivity contribution in [3.05, 3.63) is 45.0 Å². The van der Waals surface area contributed by atoms with Crippen molar-refractivity contribution in [3.63, 3.8) is 0 Å². The molecule has 0 aliphatic carbocycles. The summed E-state index contributed by atoms with van der Waals surface area (Å²) >= 11 is 6.68. The van der Waals surface area contributed by atoms with Crippen LogP contribution in [0.4, 0.5) is 15.6 Å². The van der Waals surface area contributed by atoms with E-state index in [2.05, 4.69) is 10.2 Å². The number of carbonyl (C=O) groups excluding carboxylic acids is 1. The molecule has 9 nitrogen and oxygen atoms in total. The molecule has 0 radical (unpaired) electrons. The average molecular weight is 436 g/mol. The number of anilines is 1. The third-order valence-electron chi connectivity index (χ3n) is 4.33. The smallest absolute Gasteiger partial charge is 0.329 e. The first-order valence-electron chi connectivity index (χ1n) is 8.91. The number of ether oxygens (including phenoxy) is 1. The highest BCUT2D eigenvalue weighted by molar-refractivity contribution is 7.80. The Morgan fingerprint density at radius 3 is 2.72 bits per heavy atom. The maximum Gasteiger partial charge on any atom is 0.329 e. The van der Waals surface area contributed by atoms with E-state index in [4.69, 9.17) is 17.0 Å². The molecule has 1 fully saturated rings. The van der Waals surface area contributed by atoms with Gasteiger partial charge in [0.2, 0.25) is 5.13 Å². The number of carbonyl (C=O) groups is 1. The summed E-state index contributed by atoms with van der Waals surface area (Å²) in [5.74, 6) is 0. The fraction of sp³-hybridized carbons (Fsp3) is 0.444. The zero-order valence-electron chi connectivity index (χ0n) is 16.5. The van der Waals surface area contributed by atoms with Crippen LogP contribution in [0, 0.1) is 10.1 Å². The first-order valence-corrected chi connectivity index (χ1v) is 10.1. The standard InChI is InChI=1S/C18H21N5O4S2/c1-18(2,3)15-19-20-16(29-15)22-13(8-9-21(4)17(22)24)27-14(28)11-6-5-7-12(10-11)23(25)26/h5-7,10,13H,8-9H2,1-4H3. The average Bonchev–Trinajstić information content (AvgIpc) is 3.15. The maximum atomic E-state index is 12.8. The molecule has 11 heteroatoms. The molecule has 1 saturated heterocycles. The number of hydrogen-bond acceptors (Lipinski definition) is 8. The zero-order valence-corrected chi connectivity index (χ0v) is 18.1. The summed E-state index contributed by atoms with van der Waals surface area (Å²) < 4.78 is 5.92. The molecule has 154 valence electrons. The van der Waals surface area contributed by atoms with E-state index in [-0.39, 0.29) is 22.2 Å². The molecule has 0 N–H and O–H groups in total. The van der Waals surface area contributed by atoms with Gasteiger partial charge in [-0.3, -0.25) is 10.1 Å². The van der Waals surface area contributed by atoms with Crippen molar-refractivity contribution in [2.75, 3.05) is 18.5 Å². The fourth-order valence-electron chi connectivity index (χ4n) is 2.71. The van der Waals surface area contributed by atoms with Gasteiger partial charge in [0.1, 0.15) is 5.01 Å². The second-order valence-corrected chi connectivity index (χ2v) is 9.00. The number of aromatic nitrogens is 2. The van der Waals surface area contributed by atoms with Crippen LogP contribution < -0.4 is 4.90 Å². The van der Waals surface area contributed by atoms with Crippen LogP contribution in [0.15, 0.2) is 24.3 Å². The van der Waals surface area contributed by atoms with Crippen molar-refractivity contribution < 1.29 is 14.5 Å². The van der Waals surface area contributed by atoms with E-state index in [0.29, 0.717) is 23.7 Å². The van der Waals surface area contributed by atoms with E-state index < -0.39 is 11.2 Å². The number of benzene rings is 1. The number of rotatable bonds is 4. The summed E-state index contributed by atoms with van der Waals surface area (Å²) in [6.07, 6.45) is -0.173. The molecule has 1 aliphatic rings. The molecule has 1 aromatic carbocycles. The topological polar surface area (TPSA) is 102 Å². The Bertz CT molecular complexity index is 956. The Morgan fingerprint density at radius 2 is 2.10 bits per heavy atom. The molecule has 3 rings (SSSR count). The third-order valence-corrected chi connectivity index (χ3v) is 6.01. The predicted molar refractivity (Wildman–Crippen MR) is 113 cm³/mol. The Morgan fingerprint density at radius 1 is 1.38 bits per heavy atom. The lowest BCUT2D eigenvalue weighted by atomic mass is 9.98. The van der Waals surface area contributed by atoms with Crippen LogP contribution in [0.25, 0.3) is 0 Å². The van der Waals surface area contributed by atoms with Crippen LogP contribution >= 0.6 is 23.6 Å². The summed E-state index contributed by atoms with van der Waals surface area (Å²) in [6, 6.07) is 5.65. The molecule has 2 heterocycles. The number of amides is 2. The van der Waals surface area contributed by atoms with E-state index in [0.717, 1.165) is 5.01 Å². The van der Waals surface area contributed by atoms with Crippen molar-refractivity contribution in [2.45, 2.75) is 38.8 Å². The van der Waals surface area contributed by atoms with Crippen LogP contribution in [-0.2, 0) is 10.2 Å². The minimum Gasteiger partial charge on any atom is -0.459 e. The fourth-order valence-corrected chi connectivity index (χ4v) is 3.88. The molecule has 1 unspecified atom stereocenters. The Kier molecular flexibility index (Phi) is 5.80. The monoisotopic (exact) mass is 435 g/mol. The lowest BCUT2D eigenvalue weighted by molar-refractivity contribution is -0.384. The molecule has 2 amide bonds. The van der Waals surface area contributed by atoms with Crippen LogP contribution in [-0.4, -0.2) is 50.9 Å². The van der Waals surface area contributed by atoms with Gasteiger partial charge in [-0.25, -0.2) is 9.69 Å². The third kappa shape index (κ3) is 4.51. The number of nitro benzene ring substituents is 1. The molecule has 0 spiro atoms. The molecule has 1 aromatic heterocycles. The Balaban J connectivity index is 1.87. The minimum atomic E-state index is -0.675. The number of thiocarbonyl (C=S) groups is 1. The molecular weight excluding hydrogens is 414 g/mol. The van der Waals surface area contributed by atoms with E-state index in [9.17, 15) is 14.9 Å². The van der Waals surface area contributed by atoms with Crippen LogP contribution in [0.1, 0.15) is 37.8 Å². The summed E-state index contributed by atoms with van der Waals surface area (Å²) in [5.41, 5.74) is 0.131. The van der Waals surface area contributed by atoms with Crippen molar-refractivity contribution in [3.8, 4) is 0 Å². The largest absolute Gasteiger partial charge is 0.459 e. The predicted octanol–water partition coefficient (Wildman–Crippen LogP) is 3.72. The number of hydrogen-bond donors (Lipinski definition) is 0. The molecule has 1 atom stereocenters. The number of urea groups is 1. The lowest BCUT2D eigenvalue weighted by Crippen LogP contribution is -2.54. The Labute approximate surface area is 177 Å². The molecule has 0 bridgehead atoms. The first-order chi connectivity index (χ1) is 13.6. The number of nitro groups is 1. The number of nitrogens with zero attached hydrogens (tertiary/aromatic N) is 5. The van der Waals surface area contributed by atoms with Gasteiger partial charge < -0.3 is 9.64 Å². The van der Waals surface area contributed by atoms with Gasteiger partial charge in [0.15, 0.2) is 11.3 Å². The molecule has 1 aliphatic heterocycles. The van der Waals surface area contributed by atoms with Crippen molar-refractivity contribution in [2.24, 2.45) is 0 Å². The second kappa shape index (κ2) is 7.99. The van der Waals surface area contributed by atoms with E-state index >= 15 is 0 Å². The Hall–Kier alpha value is -2.66. The maximum absolute atomic E-state index is 12.8. The highest BCUT2D eigenvalue weighted by atomic mass is 32.1. The van der Waals surface area contributed by atoms with Crippen LogP contribution in [0.2, 0.25) is 0 Å². The quantitative estimate of drug-likeness (QED) is 0.410. The van der Waals surface area contributed by atoms with Gasteiger partial charge in [-0.2, -0.15) is 0 Å². The highest BCUT2D eigenvalue weighted by Crippen LogP contribution is 2.33. The highest BCUT2D eigenvalue weighted by Gasteiger charge is 2.37. The summed E-state index contributed by atoms with van der Waals surface area (Å²) in [5, 5.41) is 20.7. The first kappa shape index (κ1) is 21.1. The van der Waals surface area contributed by atoms with E-state index in [1.165, 1.54) is 28.4 Å². The SMILES string of the molecule is CN1CCC(OC(=S)c2cccc([N+](=O)[O-])c2)N(c2nnc(C(C)(C)C)s2)C1=O. The lowest BCUT2D eigenvalue weighted by Gasteiger charge is -2.37.